The maximum Gasteiger partial charge on any atom is 0.125 e. The Morgan fingerprint density at radius 1 is 1.24 bits per heavy atom. The third kappa shape index (κ3) is 3.08. The summed E-state index contributed by atoms with van der Waals surface area (Å²) in [5, 5.41) is 0. The second-order valence-corrected chi connectivity index (χ2v) is 5.82. The van der Waals surface area contributed by atoms with Crippen LogP contribution in [-0.4, -0.2) is 13.1 Å². The van der Waals surface area contributed by atoms with Crippen molar-refractivity contribution in [3.05, 3.63) is 65.0 Å². The summed E-state index contributed by atoms with van der Waals surface area (Å²) in [6, 6.07) is 13.5. The molecule has 21 heavy (non-hydrogen) atoms. The first kappa shape index (κ1) is 14.1. The molecule has 1 unspecified atom stereocenters. The van der Waals surface area contributed by atoms with Crippen LogP contribution in [0.4, 0.5) is 10.1 Å². The predicted octanol–water partition coefficient (Wildman–Crippen LogP) is 3.59. The Morgan fingerprint density at radius 2 is 2.10 bits per heavy atom. The molecule has 1 aliphatic heterocycles. The normalized spacial score (nSPS) is 15.1. The van der Waals surface area contributed by atoms with Gasteiger partial charge in [-0.15, -0.1) is 0 Å². The summed E-state index contributed by atoms with van der Waals surface area (Å²) < 4.78 is 13.4. The molecule has 2 aromatic rings. The lowest BCUT2D eigenvalue weighted by Crippen LogP contribution is -2.25. The Hall–Kier alpha value is -1.87. The molecule has 1 heterocycles. The van der Waals surface area contributed by atoms with Gasteiger partial charge in [0.05, 0.1) is 0 Å². The molecule has 2 nitrogen and oxygen atoms in total. The highest BCUT2D eigenvalue weighted by Crippen LogP contribution is 2.29. The minimum absolute atomic E-state index is 0.0301. The minimum atomic E-state index is -0.163. The van der Waals surface area contributed by atoms with Gasteiger partial charge in [-0.2, -0.15) is 0 Å². The van der Waals surface area contributed by atoms with E-state index in [4.69, 9.17) is 5.73 Å². The van der Waals surface area contributed by atoms with Crippen molar-refractivity contribution in [1.29, 1.82) is 0 Å². The third-order valence-corrected chi connectivity index (χ3v) is 4.22. The quantitative estimate of drug-likeness (QED) is 0.929. The number of hydrogen-bond acceptors (Lipinski definition) is 2. The number of benzene rings is 2. The highest BCUT2D eigenvalue weighted by atomic mass is 19.1. The second kappa shape index (κ2) is 5.86. The molecule has 0 spiro atoms. The molecule has 0 aliphatic carbocycles. The molecular weight excluding hydrogens is 263 g/mol. The van der Waals surface area contributed by atoms with Gasteiger partial charge in [0.1, 0.15) is 5.82 Å². The van der Waals surface area contributed by atoms with Crippen molar-refractivity contribution >= 4 is 5.69 Å². The van der Waals surface area contributed by atoms with Gasteiger partial charge in [0.2, 0.25) is 0 Å². The fourth-order valence-electron chi connectivity index (χ4n) is 3.01. The van der Waals surface area contributed by atoms with Crippen LogP contribution < -0.4 is 10.6 Å². The SMILES string of the molecule is Cc1cccc(C(N)CCN2CCc3ccc(F)cc32)c1. The van der Waals surface area contributed by atoms with E-state index in [1.807, 2.05) is 12.1 Å². The summed E-state index contributed by atoms with van der Waals surface area (Å²) in [5.41, 5.74) is 11.0. The number of nitrogens with zero attached hydrogens (tertiary/aromatic N) is 1. The van der Waals surface area contributed by atoms with Crippen molar-refractivity contribution in [2.75, 3.05) is 18.0 Å². The van der Waals surface area contributed by atoms with Gasteiger partial charge >= 0.3 is 0 Å². The van der Waals surface area contributed by atoms with E-state index in [1.54, 1.807) is 12.1 Å². The molecule has 2 aromatic carbocycles. The van der Waals surface area contributed by atoms with Crippen LogP contribution in [0.2, 0.25) is 0 Å². The first-order valence-electron chi connectivity index (χ1n) is 7.49. The van der Waals surface area contributed by atoms with E-state index in [0.717, 1.165) is 31.6 Å². The van der Waals surface area contributed by atoms with Gasteiger partial charge in [-0.1, -0.05) is 35.9 Å². The standard InChI is InChI=1S/C18H21FN2/c1-13-3-2-4-15(11-13)17(20)8-10-21-9-7-14-5-6-16(19)12-18(14)21/h2-6,11-12,17H,7-10,20H2,1H3. The number of aryl methyl sites for hydroxylation is 1. The van der Waals surface area contributed by atoms with Crippen LogP contribution in [-0.2, 0) is 6.42 Å². The van der Waals surface area contributed by atoms with E-state index >= 15 is 0 Å². The van der Waals surface area contributed by atoms with Crippen molar-refractivity contribution < 1.29 is 4.39 Å². The van der Waals surface area contributed by atoms with Gasteiger partial charge in [0.15, 0.2) is 0 Å². The van der Waals surface area contributed by atoms with Crippen molar-refractivity contribution in [2.24, 2.45) is 5.73 Å². The van der Waals surface area contributed by atoms with Gasteiger partial charge in [-0.25, -0.2) is 4.39 Å². The van der Waals surface area contributed by atoms with Crippen LogP contribution in [0.1, 0.15) is 29.2 Å². The topological polar surface area (TPSA) is 29.3 Å². The van der Waals surface area contributed by atoms with E-state index in [0.29, 0.717) is 0 Å². The van der Waals surface area contributed by atoms with Crippen LogP contribution in [0.3, 0.4) is 0 Å². The van der Waals surface area contributed by atoms with Gasteiger partial charge in [-0.05, 0) is 43.0 Å². The van der Waals surface area contributed by atoms with Crippen LogP contribution in [0.25, 0.3) is 0 Å². The maximum absolute atomic E-state index is 13.4. The van der Waals surface area contributed by atoms with Crippen molar-refractivity contribution in [2.45, 2.75) is 25.8 Å². The summed E-state index contributed by atoms with van der Waals surface area (Å²) >= 11 is 0. The van der Waals surface area contributed by atoms with E-state index in [1.165, 1.54) is 16.7 Å². The fourth-order valence-corrected chi connectivity index (χ4v) is 3.01. The average molecular weight is 284 g/mol. The zero-order chi connectivity index (χ0) is 14.8. The molecule has 110 valence electrons. The van der Waals surface area contributed by atoms with Crippen LogP contribution >= 0.6 is 0 Å². The van der Waals surface area contributed by atoms with E-state index in [9.17, 15) is 4.39 Å². The van der Waals surface area contributed by atoms with Crippen molar-refractivity contribution in [1.82, 2.24) is 0 Å². The summed E-state index contributed by atoms with van der Waals surface area (Å²) in [5.74, 6) is -0.163. The third-order valence-electron chi connectivity index (χ3n) is 4.22. The number of anilines is 1. The number of hydrogen-bond donors (Lipinski definition) is 1. The smallest absolute Gasteiger partial charge is 0.125 e. The molecule has 0 amide bonds. The zero-order valence-electron chi connectivity index (χ0n) is 12.3. The van der Waals surface area contributed by atoms with Crippen LogP contribution in [0.15, 0.2) is 42.5 Å². The molecule has 1 atom stereocenters. The Balaban J connectivity index is 1.66. The first-order chi connectivity index (χ1) is 10.1. The Labute approximate surface area is 125 Å². The fraction of sp³-hybridized carbons (Fsp3) is 0.333. The van der Waals surface area contributed by atoms with Crippen molar-refractivity contribution in [3.8, 4) is 0 Å². The largest absolute Gasteiger partial charge is 0.371 e. The number of rotatable bonds is 4. The lowest BCUT2D eigenvalue weighted by atomic mass is 10.0. The molecule has 3 heteroatoms. The predicted molar refractivity (Wildman–Crippen MR) is 85.0 cm³/mol. The van der Waals surface area contributed by atoms with E-state index < -0.39 is 0 Å². The Kier molecular flexibility index (Phi) is 3.93. The maximum atomic E-state index is 13.4. The lowest BCUT2D eigenvalue weighted by Gasteiger charge is -2.22. The van der Waals surface area contributed by atoms with E-state index in [-0.39, 0.29) is 11.9 Å². The van der Waals surface area contributed by atoms with Crippen LogP contribution in [0.5, 0.6) is 0 Å². The highest BCUT2D eigenvalue weighted by Gasteiger charge is 2.20. The monoisotopic (exact) mass is 284 g/mol. The van der Waals surface area contributed by atoms with Gasteiger partial charge < -0.3 is 10.6 Å². The Bertz CT molecular complexity index is 639. The number of nitrogens with two attached hydrogens (primary N) is 1. The Morgan fingerprint density at radius 3 is 2.90 bits per heavy atom. The molecule has 1 aliphatic rings. The molecule has 0 radical (unpaired) electrons. The highest BCUT2D eigenvalue weighted by molar-refractivity contribution is 5.58. The first-order valence-corrected chi connectivity index (χ1v) is 7.49. The van der Waals surface area contributed by atoms with Gasteiger partial charge in [0.25, 0.3) is 0 Å². The minimum Gasteiger partial charge on any atom is -0.371 e. The molecule has 0 saturated heterocycles. The lowest BCUT2D eigenvalue weighted by molar-refractivity contribution is 0.622. The average Bonchev–Trinajstić information content (AvgIpc) is 2.87. The zero-order valence-corrected chi connectivity index (χ0v) is 12.3. The van der Waals surface area contributed by atoms with E-state index in [2.05, 4.69) is 30.0 Å². The molecule has 0 bridgehead atoms. The molecular formula is C18H21FN2. The van der Waals surface area contributed by atoms with Gasteiger partial charge in [0, 0.05) is 24.8 Å². The number of halogens is 1. The molecule has 0 fully saturated rings. The van der Waals surface area contributed by atoms with Crippen LogP contribution in [0, 0.1) is 12.7 Å². The summed E-state index contributed by atoms with van der Waals surface area (Å²) in [4.78, 5) is 2.24. The molecule has 0 saturated carbocycles. The summed E-state index contributed by atoms with van der Waals surface area (Å²) in [6.07, 6.45) is 1.87. The second-order valence-electron chi connectivity index (χ2n) is 5.82. The summed E-state index contributed by atoms with van der Waals surface area (Å²) in [6.45, 7) is 3.90. The number of fused-ring (bicyclic) bond motifs is 1. The van der Waals surface area contributed by atoms with Crippen molar-refractivity contribution in [3.63, 3.8) is 0 Å². The van der Waals surface area contributed by atoms with Gasteiger partial charge in [-0.3, -0.25) is 0 Å². The summed E-state index contributed by atoms with van der Waals surface area (Å²) in [7, 11) is 0. The molecule has 2 N–H and O–H groups in total. The molecule has 0 aromatic heterocycles. The molecule has 3 rings (SSSR count).